The van der Waals surface area contributed by atoms with E-state index in [4.69, 9.17) is 6.42 Å². The Kier molecular flexibility index (Phi) is 3.54. The van der Waals surface area contributed by atoms with Gasteiger partial charge in [0, 0.05) is 5.57 Å². The molecule has 1 aliphatic rings. The van der Waals surface area contributed by atoms with Crippen molar-refractivity contribution in [3.05, 3.63) is 47.6 Å². The summed E-state index contributed by atoms with van der Waals surface area (Å²) in [6, 6.07) is 0. The van der Waals surface area contributed by atoms with E-state index in [-0.39, 0.29) is 0 Å². The molecule has 1 rings (SSSR count). The van der Waals surface area contributed by atoms with Crippen molar-refractivity contribution in [2.45, 2.75) is 20.3 Å². The summed E-state index contributed by atoms with van der Waals surface area (Å²) in [5, 5.41) is 0. The molecule has 0 heteroatoms. The number of hydrogen-bond acceptors (Lipinski definition) is 0. The summed E-state index contributed by atoms with van der Waals surface area (Å²) in [5.41, 5.74) is 3.21. The van der Waals surface area contributed by atoms with E-state index in [1.165, 1.54) is 5.57 Å². The van der Waals surface area contributed by atoms with Gasteiger partial charge in [0.15, 0.2) is 0 Å². The monoisotopic (exact) mass is 184 g/mol. The lowest BCUT2D eigenvalue weighted by molar-refractivity contribution is 0.865. The topological polar surface area (TPSA) is 0 Å². The van der Waals surface area contributed by atoms with Crippen molar-refractivity contribution < 1.29 is 0 Å². The lowest BCUT2D eigenvalue weighted by Crippen LogP contribution is -2.00. The maximum absolute atomic E-state index is 5.30. The summed E-state index contributed by atoms with van der Waals surface area (Å²) in [4.78, 5) is 0. The van der Waals surface area contributed by atoms with Crippen molar-refractivity contribution in [1.29, 1.82) is 0 Å². The minimum absolute atomic E-state index is 0.444. The normalized spacial score (nSPS) is 23.1. The van der Waals surface area contributed by atoms with Crippen LogP contribution in [0.15, 0.2) is 47.6 Å². The van der Waals surface area contributed by atoms with Crippen molar-refractivity contribution >= 4 is 0 Å². The zero-order valence-corrected chi connectivity index (χ0v) is 8.88. The zero-order chi connectivity index (χ0) is 10.6. The summed E-state index contributed by atoms with van der Waals surface area (Å²) >= 11 is 0. The van der Waals surface area contributed by atoms with Crippen molar-refractivity contribution in [3.63, 3.8) is 0 Å². The molecule has 1 unspecified atom stereocenters. The molecule has 0 aliphatic heterocycles. The highest BCUT2D eigenvalue weighted by molar-refractivity contribution is 5.53. The van der Waals surface area contributed by atoms with E-state index in [0.29, 0.717) is 5.92 Å². The maximum Gasteiger partial charge on any atom is 0.0240 e. The first kappa shape index (κ1) is 10.6. The molecule has 0 heterocycles. The largest absolute Gasteiger partial charge is 0.115 e. The molecule has 0 aromatic rings. The number of rotatable bonds is 2. The van der Waals surface area contributed by atoms with Gasteiger partial charge in [-0.1, -0.05) is 50.7 Å². The van der Waals surface area contributed by atoms with Gasteiger partial charge in [-0.25, -0.2) is 0 Å². The van der Waals surface area contributed by atoms with Crippen LogP contribution in [-0.2, 0) is 0 Å². The fourth-order valence-electron chi connectivity index (χ4n) is 1.53. The van der Waals surface area contributed by atoms with Gasteiger partial charge in [-0.05, 0) is 23.5 Å². The summed E-state index contributed by atoms with van der Waals surface area (Å²) in [6.45, 7) is 8.15. The third-order valence-corrected chi connectivity index (χ3v) is 2.37. The standard InChI is InChI=1S/C14H16/c1-5-7-13-8-9-14(10-12(13)4)11(3)6-2/h2,7-10,12H,3,5H2,1,4H3/b13-7-. The molecule has 0 saturated heterocycles. The van der Waals surface area contributed by atoms with Gasteiger partial charge < -0.3 is 0 Å². The van der Waals surface area contributed by atoms with Crippen LogP contribution in [0.25, 0.3) is 0 Å². The number of allylic oxidation sites excluding steroid dienone is 7. The van der Waals surface area contributed by atoms with Crippen molar-refractivity contribution in [2.75, 3.05) is 0 Å². The highest BCUT2D eigenvalue weighted by atomic mass is 14.1. The fourth-order valence-corrected chi connectivity index (χ4v) is 1.53. The number of terminal acetylenes is 1. The summed E-state index contributed by atoms with van der Waals surface area (Å²) in [6.07, 6.45) is 15.0. The second-order valence-electron chi connectivity index (χ2n) is 3.48. The molecule has 1 atom stereocenters. The maximum atomic E-state index is 5.30. The Morgan fingerprint density at radius 2 is 2.36 bits per heavy atom. The molecule has 72 valence electrons. The average molecular weight is 184 g/mol. The molecule has 0 fully saturated rings. The highest BCUT2D eigenvalue weighted by Crippen LogP contribution is 2.25. The van der Waals surface area contributed by atoms with Crippen LogP contribution in [0.5, 0.6) is 0 Å². The molecular formula is C14H16. The van der Waals surface area contributed by atoms with E-state index in [0.717, 1.165) is 17.6 Å². The SMILES string of the molecule is C#CC(=C)C1=CC(C)/C(=C\CC)C=C1. The van der Waals surface area contributed by atoms with Gasteiger partial charge in [0.05, 0.1) is 0 Å². The molecular weight excluding hydrogens is 168 g/mol. The van der Waals surface area contributed by atoms with Crippen LogP contribution in [0.2, 0.25) is 0 Å². The molecule has 0 spiro atoms. The summed E-state index contributed by atoms with van der Waals surface area (Å²) < 4.78 is 0. The zero-order valence-electron chi connectivity index (χ0n) is 8.88. The first-order valence-electron chi connectivity index (χ1n) is 4.94. The summed E-state index contributed by atoms with van der Waals surface area (Å²) in [5.74, 6) is 3.01. The Morgan fingerprint density at radius 3 is 2.86 bits per heavy atom. The lowest BCUT2D eigenvalue weighted by Gasteiger charge is -2.15. The van der Waals surface area contributed by atoms with Gasteiger partial charge in [0.1, 0.15) is 0 Å². The fraction of sp³-hybridized carbons (Fsp3) is 0.286. The molecule has 0 aromatic carbocycles. The van der Waals surface area contributed by atoms with Crippen molar-refractivity contribution in [2.24, 2.45) is 5.92 Å². The van der Waals surface area contributed by atoms with E-state index in [1.807, 2.05) is 6.08 Å². The second-order valence-corrected chi connectivity index (χ2v) is 3.48. The molecule has 0 amide bonds. The van der Waals surface area contributed by atoms with Crippen LogP contribution in [0.1, 0.15) is 20.3 Å². The molecule has 0 bridgehead atoms. The smallest absolute Gasteiger partial charge is 0.0240 e. The summed E-state index contributed by atoms with van der Waals surface area (Å²) in [7, 11) is 0. The first-order valence-corrected chi connectivity index (χ1v) is 4.94. The highest BCUT2D eigenvalue weighted by Gasteiger charge is 2.09. The second kappa shape index (κ2) is 4.67. The minimum Gasteiger partial charge on any atom is -0.115 e. The van der Waals surface area contributed by atoms with E-state index >= 15 is 0 Å². The molecule has 0 N–H and O–H groups in total. The molecule has 0 nitrogen and oxygen atoms in total. The van der Waals surface area contributed by atoms with Gasteiger partial charge in [0.25, 0.3) is 0 Å². The van der Waals surface area contributed by atoms with Crippen LogP contribution in [-0.4, -0.2) is 0 Å². The van der Waals surface area contributed by atoms with E-state index < -0.39 is 0 Å². The van der Waals surface area contributed by atoms with Crippen LogP contribution in [0, 0.1) is 18.3 Å². The predicted octanol–water partition coefficient (Wildman–Crippen LogP) is 3.64. The Bertz CT molecular complexity index is 356. The van der Waals surface area contributed by atoms with Crippen molar-refractivity contribution in [3.8, 4) is 12.3 Å². The van der Waals surface area contributed by atoms with Gasteiger partial charge in [-0.15, -0.1) is 6.42 Å². The lowest BCUT2D eigenvalue weighted by atomic mass is 9.89. The van der Waals surface area contributed by atoms with Gasteiger partial charge in [-0.2, -0.15) is 0 Å². The molecule has 1 aliphatic carbocycles. The molecule has 0 radical (unpaired) electrons. The van der Waals surface area contributed by atoms with Crippen LogP contribution in [0.4, 0.5) is 0 Å². The Balaban J connectivity index is 2.88. The van der Waals surface area contributed by atoms with Crippen LogP contribution in [0.3, 0.4) is 0 Å². The van der Waals surface area contributed by atoms with Gasteiger partial charge in [-0.3, -0.25) is 0 Å². The van der Waals surface area contributed by atoms with E-state index in [2.05, 4.69) is 44.6 Å². The molecule has 14 heavy (non-hydrogen) atoms. The Hall–Kier alpha value is -1.48. The Morgan fingerprint density at radius 1 is 1.64 bits per heavy atom. The number of hydrogen-bond donors (Lipinski definition) is 0. The van der Waals surface area contributed by atoms with E-state index in [9.17, 15) is 0 Å². The Labute approximate surface area is 86.7 Å². The third kappa shape index (κ3) is 2.26. The minimum atomic E-state index is 0.444. The van der Waals surface area contributed by atoms with Crippen LogP contribution < -0.4 is 0 Å². The van der Waals surface area contributed by atoms with Gasteiger partial charge >= 0.3 is 0 Å². The predicted molar refractivity (Wildman–Crippen MR) is 62.7 cm³/mol. The van der Waals surface area contributed by atoms with E-state index in [1.54, 1.807) is 0 Å². The quantitative estimate of drug-likeness (QED) is 0.575. The van der Waals surface area contributed by atoms with Gasteiger partial charge in [0.2, 0.25) is 0 Å². The third-order valence-electron chi connectivity index (χ3n) is 2.37. The first-order chi connectivity index (χ1) is 6.69. The molecule has 0 saturated carbocycles. The average Bonchev–Trinajstić information content (AvgIpc) is 2.20. The van der Waals surface area contributed by atoms with Crippen LogP contribution >= 0.6 is 0 Å². The molecule has 0 aromatic heterocycles. The van der Waals surface area contributed by atoms with Crippen molar-refractivity contribution in [1.82, 2.24) is 0 Å².